The fraction of sp³-hybridized carbons (Fsp3) is 0.556. The Labute approximate surface area is 78.2 Å². The molecule has 1 aliphatic heterocycles. The van der Waals surface area contributed by atoms with Gasteiger partial charge in [0.1, 0.15) is 12.1 Å². The van der Waals surface area contributed by atoms with E-state index in [9.17, 15) is 0 Å². The van der Waals surface area contributed by atoms with E-state index < -0.39 is 0 Å². The van der Waals surface area contributed by atoms with Crippen molar-refractivity contribution in [3.05, 3.63) is 18.6 Å². The molecule has 4 heteroatoms. The predicted octanol–water partition coefficient (Wildman–Crippen LogP) is 0.0286. The largest absolute Gasteiger partial charge is 0.354 e. The zero-order chi connectivity index (χ0) is 9.10. The molecule has 1 aliphatic rings. The monoisotopic (exact) mass is 177 g/mol. The van der Waals surface area contributed by atoms with Crippen LogP contribution < -0.4 is 4.90 Å². The van der Waals surface area contributed by atoms with Crippen molar-refractivity contribution in [1.29, 1.82) is 0 Å². The minimum absolute atomic E-state index is 0.989. The van der Waals surface area contributed by atoms with Gasteiger partial charge in [0, 0.05) is 32.2 Å². The number of nitrogens with zero attached hydrogens (tertiary/aromatic N) is 4. The Morgan fingerprint density at radius 2 is 2.08 bits per heavy atom. The summed E-state index contributed by atoms with van der Waals surface area (Å²) in [6.07, 6.45) is 4.35. The van der Waals surface area contributed by atoms with Crippen molar-refractivity contribution in [2.75, 3.05) is 38.1 Å². The molecule has 1 saturated heterocycles. The highest BCUT2D eigenvalue weighted by Gasteiger charge is 2.14. The first-order chi connectivity index (χ1) is 6.36. The van der Waals surface area contributed by atoms with Gasteiger partial charge in [0.15, 0.2) is 0 Å². The maximum Gasteiger partial charge on any atom is 0.132 e. The smallest absolute Gasteiger partial charge is 0.132 e. The van der Waals surface area contributed by atoms with Crippen LogP contribution in [0.4, 0.5) is 5.82 Å². The van der Waals surface area contributed by atoms with Gasteiger partial charge in [-0.1, -0.05) is 0 Å². The molecule has 1 radical (unpaired) electrons. The zero-order valence-corrected chi connectivity index (χ0v) is 7.77. The summed E-state index contributed by atoms with van der Waals surface area (Å²) < 4.78 is 0. The lowest BCUT2D eigenvalue weighted by atomic mass is 10.3. The van der Waals surface area contributed by atoms with Gasteiger partial charge in [-0.15, -0.1) is 0 Å². The van der Waals surface area contributed by atoms with Crippen LogP contribution in [0.1, 0.15) is 0 Å². The van der Waals surface area contributed by atoms with Crippen LogP contribution in [-0.4, -0.2) is 48.1 Å². The second kappa shape index (κ2) is 3.70. The third-order valence-electron chi connectivity index (χ3n) is 2.34. The van der Waals surface area contributed by atoms with Gasteiger partial charge in [-0.2, -0.15) is 0 Å². The average molecular weight is 177 g/mol. The van der Waals surface area contributed by atoms with Crippen LogP contribution in [-0.2, 0) is 0 Å². The highest BCUT2D eigenvalue weighted by Crippen LogP contribution is 2.10. The summed E-state index contributed by atoms with van der Waals surface area (Å²) in [5.74, 6) is 0.989. The highest BCUT2D eigenvalue weighted by molar-refractivity contribution is 5.36. The first-order valence-corrected chi connectivity index (χ1v) is 4.48. The maximum absolute atomic E-state index is 4.19. The van der Waals surface area contributed by atoms with Crippen LogP contribution in [0.15, 0.2) is 12.4 Å². The molecule has 0 unspecified atom stereocenters. The zero-order valence-electron chi connectivity index (χ0n) is 7.77. The summed E-state index contributed by atoms with van der Waals surface area (Å²) in [6.45, 7) is 4.29. The lowest BCUT2D eigenvalue weighted by molar-refractivity contribution is 0.312. The number of hydrogen-bond acceptors (Lipinski definition) is 4. The normalized spacial score (nSPS) is 19.0. The average Bonchev–Trinajstić information content (AvgIpc) is 2.20. The summed E-state index contributed by atoms with van der Waals surface area (Å²) in [5.41, 5.74) is 0. The molecule has 4 nitrogen and oxygen atoms in total. The van der Waals surface area contributed by atoms with Crippen LogP contribution in [0.5, 0.6) is 0 Å². The SMILES string of the molecule is CN1CCN(c2c[c]ncn2)CC1. The van der Waals surface area contributed by atoms with Gasteiger partial charge < -0.3 is 9.80 Å². The summed E-state index contributed by atoms with van der Waals surface area (Å²) in [7, 11) is 2.14. The van der Waals surface area contributed by atoms with Crippen molar-refractivity contribution in [2.45, 2.75) is 0 Å². The maximum atomic E-state index is 4.19. The number of piperazine rings is 1. The van der Waals surface area contributed by atoms with Gasteiger partial charge in [0.05, 0.1) is 6.20 Å². The van der Waals surface area contributed by atoms with E-state index in [1.807, 2.05) is 6.07 Å². The molecule has 0 amide bonds. The summed E-state index contributed by atoms with van der Waals surface area (Å²) in [5, 5.41) is 0. The first kappa shape index (κ1) is 8.44. The first-order valence-electron chi connectivity index (χ1n) is 4.48. The number of anilines is 1. The van der Waals surface area contributed by atoms with Crippen molar-refractivity contribution in [1.82, 2.24) is 14.9 Å². The van der Waals surface area contributed by atoms with E-state index >= 15 is 0 Å². The van der Waals surface area contributed by atoms with E-state index in [-0.39, 0.29) is 0 Å². The van der Waals surface area contributed by atoms with Crippen LogP contribution in [0.2, 0.25) is 0 Å². The lowest BCUT2D eigenvalue weighted by Crippen LogP contribution is -2.44. The van der Waals surface area contributed by atoms with Crippen LogP contribution in [0, 0.1) is 6.20 Å². The van der Waals surface area contributed by atoms with Gasteiger partial charge in [0.25, 0.3) is 0 Å². The van der Waals surface area contributed by atoms with Crippen molar-refractivity contribution in [3.8, 4) is 0 Å². The molecule has 0 bridgehead atoms. The Morgan fingerprint density at radius 1 is 1.31 bits per heavy atom. The van der Waals surface area contributed by atoms with Crippen molar-refractivity contribution in [2.24, 2.45) is 0 Å². The van der Waals surface area contributed by atoms with Gasteiger partial charge in [-0.05, 0) is 7.05 Å². The van der Waals surface area contributed by atoms with E-state index in [1.54, 1.807) is 6.33 Å². The second-order valence-corrected chi connectivity index (χ2v) is 3.30. The number of rotatable bonds is 1. The molecule has 0 aromatic carbocycles. The predicted molar refractivity (Wildman–Crippen MR) is 50.6 cm³/mol. The number of hydrogen-bond donors (Lipinski definition) is 0. The van der Waals surface area contributed by atoms with E-state index in [0.29, 0.717) is 0 Å². The van der Waals surface area contributed by atoms with E-state index in [2.05, 4.69) is 33.0 Å². The molecule has 0 spiro atoms. The number of aromatic nitrogens is 2. The molecular weight excluding hydrogens is 164 g/mol. The fourth-order valence-corrected chi connectivity index (χ4v) is 1.46. The van der Waals surface area contributed by atoms with E-state index in [4.69, 9.17) is 0 Å². The highest BCUT2D eigenvalue weighted by atomic mass is 15.3. The Morgan fingerprint density at radius 3 is 2.69 bits per heavy atom. The molecule has 1 fully saturated rings. The fourth-order valence-electron chi connectivity index (χ4n) is 1.46. The minimum Gasteiger partial charge on any atom is -0.354 e. The van der Waals surface area contributed by atoms with Gasteiger partial charge in [-0.25, -0.2) is 9.97 Å². The Hall–Kier alpha value is -1.16. The van der Waals surface area contributed by atoms with Gasteiger partial charge >= 0.3 is 0 Å². The topological polar surface area (TPSA) is 32.3 Å². The Bertz CT molecular complexity index is 254. The molecule has 69 valence electrons. The van der Waals surface area contributed by atoms with Crippen LogP contribution >= 0.6 is 0 Å². The summed E-state index contributed by atoms with van der Waals surface area (Å²) >= 11 is 0. The van der Waals surface area contributed by atoms with Gasteiger partial charge in [-0.3, -0.25) is 0 Å². The Balaban J connectivity index is 2.03. The van der Waals surface area contributed by atoms with Crippen molar-refractivity contribution >= 4 is 5.82 Å². The standard InChI is InChI=1S/C9H13N4/c1-12-4-6-13(7-5-12)9-2-3-10-8-11-9/h2,8H,4-7H2,1H3. The molecule has 2 rings (SSSR count). The van der Waals surface area contributed by atoms with Crippen LogP contribution in [0.3, 0.4) is 0 Å². The molecule has 13 heavy (non-hydrogen) atoms. The molecule has 0 N–H and O–H groups in total. The van der Waals surface area contributed by atoms with E-state index in [1.165, 1.54) is 0 Å². The van der Waals surface area contributed by atoms with Crippen molar-refractivity contribution < 1.29 is 0 Å². The number of likely N-dealkylation sites (N-methyl/N-ethyl adjacent to an activating group) is 1. The van der Waals surface area contributed by atoms with E-state index in [0.717, 1.165) is 32.0 Å². The van der Waals surface area contributed by atoms with Crippen LogP contribution in [0.25, 0.3) is 0 Å². The lowest BCUT2D eigenvalue weighted by Gasteiger charge is -2.32. The summed E-state index contributed by atoms with van der Waals surface area (Å²) in [6, 6.07) is 1.84. The molecule has 0 atom stereocenters. The molecular formula is C9H13N4. The van der Waals surface area contributed by atoms with Crippen molar-refractivity contribution in [3.63, 3.8) is 0 Å². The molecule has 1 aromatic rings. The third-order valence-corrected chi connectivity index (χ3v) is 2.34. The second-order valence-electron chi connectivity index (χ2n) is 3.30. The molecule has 1 aromatic heterocycles. The minimum atomic E-state index is 0.989. The Kier molecular flexibility index (Phi) is 2.40. The molecule has 0 saturated carbocycles. The molecule has 2 heterocycles. The third kappa shape index (κ3) is 1.95. The summed E-state index contributed by atoms with van der Waals surface area (Å²) in [4.78, 5) is 12.6. The molecule has 0 aliphatic carbocycles. The van der Waals surface area contributed by atoms with Gasteiger partial charge in [0.2, 0.25) is 0 Å². The quantitative estimate of drug-likeness (QED) is 0.605.